The fourth-order valence-corrected chi connectivity index (χ4v) is 4.35. The number of carbonyl (C=O) groups is 1. The Labute approximate surface area is 157 Å². The number of thiazole rings is 1. The molecule has 0 bridgehead atoms. The maximum absolute atomic E-state index is 13.2. The lowest BCUT2D eigenvalue weighted by molar-refractivity contribution is 0.0988. The van der Waals surface area contributed by atoms with Crippen molar-refractivity contribution in [3.05, 3.63) is 64.7 Å². The van der Waals surface area contributed by atoms with Crippen LogP contribution in [0.1, 0.15) is 27.3 Å². The first-order valence-corrected chi connectivity index (χ1v) is 9.50. The minimum Gasteiger partial charge on any atom is -0.497 e. The number of rotatable bonds is 3. The van der Waals surface area contributed by atoms with Crippen LogP contribution < -0.4 is 9.64 Å². The molecule has 1 amide bonds. The molecular weight excluding hydrogens is 344 g/mol. The van der Waals surface area contributed by atoms with Crippen LogP contribution in [0.2, 0.25) is 0 Å². The van der Waals surface area contributed by atoms with Crippen molar-refractivity contribution < 1.29 is 9.53 Å². The molecule has 1 aliphatic heterocycles. The van der Waals surface area contributed by atoms with E-state index in [0.717, 1.165) is 52.7 Å². The van der Waals surface area contributed by atoms with Gasteiger partial charge in [0.25, 0.3) is 5.91 Å². The van der Waals surface area contributed by atoms with Gasteiger partial charge in [0.05, 0.1) is 12.8 Å². The van der Waals surface area contributed by atoms with Gasteiger partial charge in [0, 0.05) is 17.8 Å². The molecule has 2 heterocycles. The lowest BCUT2D eigenvalue weighted by Crippen LogP contribution is -2.35. The van der Waals surface area contributed by atoms with E-state index in [0.29, 0.717) is 4.88 Å². The number of aromatic nitrogens is 1. The molecule has 1 aromatic heterocycles. The molecule has 0 N–H and O–H groups in total. The first-order chi connectivity index (χ1) is 12.7. The van der Waals surface area contributed by atoms with Crippen LogP contribution in [0.5, 0.6) is 5.75 Å². The number of methoxy groups -OCH3 is 1. The molecule has 0 unspecified atom stereocenters. The van der Waals surface area contributed by atoms with Gasteiger partial charge in [-0.25, -0.2) is 4.98 Å². The molecule has 2 aromatic carbocycles. The van der Waals surface area contributed by atoms with Crippen molar-refractivity contribution in [3.8, 4) is 16.3 Å². The summed E-state index contributed by atoms with van der Waals surface area (Å²) in [4.78, 5) is 20.5. The zero-order chi connectivity index (χ0) is 18.1. The Morgan fingerprint density at radius 3 is 2.77 bits per heavy atom. The number of amides is 1. The lowest BCUT2D eigenvalue weighted by atomic mass is 10.0. The van der Waals surface area contributed by atoms with E-state index in [1.165, 1.54) is 11.3 Å². The van der Waals surface area contributed by atoms with Gasteiger partial charge in [-0.15, -0.1) is 11.3 Å². The third kappa shape index (κ3) is 2.99. The largest absolute Gasteiger partial charge is 0.497 e. The van der Waals surface area contributed by atoms with Crippen molar-refractivity contribution in [1.82, 2.24) is 4.98 Å². The highest BCUT2D eigenvalue weighted by molar-refractivity contribution is 7.17. The van der Waals surface area contributed by atoms with E-state index >= 15 is 0 Å². The summed E-state index contributed by atoms with van der Waals surface area (Å²) in [6, 6.07) is 15.9. The van der Waals surface area contributed by atoms with Crippen LogP contribution in [-0.2, 0) is 6.42 Å². The number of nitrogens with zero attached hydrogens (tertiary/aromatic N) is 2. The maximum atomic E-state index is 13.2. The van der Waals surface area contributed by atoms with E-state index in [1.807, 2.05) is 60.4 Å². The Kier molecular flexibility index (Phi) is 4.47. The predicted octanol–water partition coefficient (Wildman–Crippen LogP) is 4.72. The molecular formula is C21H20N2O2S. The van der Waals surface area contributed by atoms with Crippen LogP contribution in [-0.4, -0.2) is 24.5 Å². The zero-order valence-corrected chi connectivity index (χ0v) is 15.7. The number of hydrogen-bond acceptors (Lipinski definition) is 4. The molecule has 1 aliphatic rings. The molecule has 0 saturated carbocycles. The number of aryl methyl sites for hydroxylation is 2. The first-order valence-electron chi connectivity index (χ1n) is 8.69. The molecule has 3 aromatic rings. The standard InChI is InChI=1S/C21H20N2O2S/c1-14-19(26-20(22-14)15-7-4-3-5-8-15)21(24)23-12-6-9-16-13-17(25-2)10-11-18(16)23/h3-5,7-8,10-11,13H,6,9,12H2,1-2H3. The average molecular weight is 364 g/mol. The summed E-state index contributed by atoms with van der Waals surface area (Å²) in [5.41, 5.74) is 3.98. The van der Waals surface area contributed by atoms with Crippen LogP contribution >= 0.6 is 11.3 Å². The summed E-state index contributed by atoms with van der Waals surface area (Å²) in [5, 5.41) is 0.887. The van der Waals surface area contributed by atoms with Crippen molar-refractivity contribution in [2.24, 2.45) is 0 Å². The van der Waals surface area contributed by atoms with Gasteiger partial charge in [0.15, 0.2) is 0 Å². The molecule has 132 valence electrons. The Morgan fingerprint density at radius 2 is 2.00 bits per heavy atom. The lowest BCUT2D eigenvalue weighted by Gasteiger charge is -2.29. The van der Waals surface area contributed by atoms with Crippen LogP contribution in [0.4, 0.5) is 5.69 Å². The number of benzene rings is 2. The summed E-state index contributed by atoms with van der Waals surface area (Å²) in [6.45, 7) is 2.64. The van der Waals surface area contributed by atoms with Gasteiger partial charge in [0.2, 0.25) is 0 Å². The summed E-state index contributed by atoms with van der Waals surface area (Å²) in [7, 11) is 1.67. The van der Waals surface area contributed by atoms with Crippen molar-refractivity contribution in [2.45, 2.75) is 19.8 Å². The minimum atomic E-state index is 0.0355. The average Bonchev–Trinajstić information content (AvgIpc) is 3.09. The van der Waals surface area contributed by atoms with Gasteiger partial charge in [-0.3, -0.25) is 4.79 Å². The summed E-state index contributed by atoms with van der Waals surface area (Å²) >= 11 is 1.47. The number of carbonyl (C=O) groups excluding carboxylic acids is 1. The highest BCUT2D eigenvalue weighted by Crippen LogP contribution is 2.34. The fourth-order valence-electron chi connectivity index (χ4n) is 3.33. The van der Waals surface area contributed by atoms with Crippen LogP contribution in [0, 0.1) is 6.92 Å². The highest BCUT2D eigenvalue weighted by atomic mass is 32.1. The normalized spacial score (nSPS) is 13.4. The van der Waals surface area contributed by atoms with E-state index in [-0.39, 0.29) is 5.91 Å². The Balaban J connectivity index is 1.68. The van der Waals surface area contributed by atoms with E-state index in [1.54, 1.807) is 7.11 Å². The summed E-state index contributed by atoms with van der Waals surface area (Å²) in [6.07, 6.45) is 1.92. The van der Waals surface area contributed by atoms with Gasteiger partial charge in [-0.1, -0.05) is 30.3 Å². The molecule has 0 aliphatic carbocycles. The molecule has 0 saturated heterocycles. The third-order valence-corrected chi connectivity index (χ3v) is 5.86. The third-order valence-electron chi connectivity index (χ3n) is 4.66. The molecule has 0 radical (unpaired) electrons. The number of hydrogen-bond donors (Lipinski definition) is 0. The van der Waals surface area contributed by atoms with E-state index in [4.69, 9.17) is 4.74 Å². The van der Waals surface area contributed by atoms with Crippen molar-refractivity contribution in [1.29, 1.82) is 0 Å². The summed E-state index contributed by atoms with van der Waals surface area (Å²) in [5.74, 6) is 0.867. The topological polar surface area (TPSA) is 42.4 Å². The van der Waals surface area contributed by atoms with E-state index in [2.05, 4.69) is 4.98 Å². The Hall–Kier alpha value is -2.66. The SMILES string of the molecule is COc1ccc2c(c1)CCCN2C(=O)c1sc(-c2ccccc2)nc1C. The van der Waals surface area contributed by atoms with Gasteiger partial charge in [0.1, 0.15) is 15.6 Å². The smallest absolute Gasteiger partial charge is 0.270 e. The number of fused-ring (bicyclic) bond motifs is 1. The second-order valence-corrected chi connectivity index (χ2v) is 7.35. The van der Waals surface area contributed by atoms with E-state index in [9.17, 15) is 4.79 Å². The second-order valence-electron chi connectivity index (χ2n) is 6.35. The Bertz CT molecular complexity index is 950. The van der Waals surface area contributed by atoms with Crippen LogP contribution in [0.15, 0.2) is 48.5 Å². The first kappa shape index (κ1) is 16.8. The maximum Gasteiger partial charge on any atom is 0.270 e. The highest BCUT2D eigenvalue weighted by Gasteiger charge is 2.27. The molecule has 0 atom stereocenters. The van der Waals surface area contributed by atoms with Crippen molar-refractivity contribution in [2.75, 3.05) is 18.6 Å². The van der Waals surface area contributed by atoms with Gasteiger partial charge >= 0.3 is 0 Å². The van der Waals surface area contributed by atoms with Crippen LogP contribution in [0.3, 0.4) is 0 Å². The van der Waals surface area contributed by atoms with Crippen molar-refractivity contribution >= 4 is 22.9 Å². The second kappa shape index (κ2) is 6.92. The number of ether oxygens (including phenoxy) is 1. The minimum absolute atomic E-state index is 0.0355. The van der Waals surface area contributed by atoms with Gasteiger partial charge in [-0.2, -0.15) is 0 Å². The molecule has 0 fully saturated rings. The molecule has 5 heteroatoms. The fraction of sp³-hybridized carbons (Fsp3) is 0.238. The summed E-state index contributed by atoms with van der Waals surface area (Å²) < 4.78 is 5.32. The quantitative estimate of drug-likeness (QED) is 0.675. The molecule has 4 nitrogen and oxygen atoms in total. The van der Waals surface area contributed by atoms with E-state index < -0.39 is 0 Å². The van der Waals surface area contributed by atoms with Crippen LogP contribution in [0.25, 0.3) is 10.6 Å². The molecule has 4 rings (SSSR count). The van der Waals surface area contributed by atoms with Gasteiger partial charge in [-0.05, 0) is 43.5 Å². The predicted molar refractivity (Wildman–Crippen MR) is 105 cm³/mol. The Morgan fingerprint density at radius 1 is 1.19 bits per heavy atom. The molecule has 0 spiro atoms. The molecule has 26 heavy (non-hydrogen) atoms. The number of anilines is 1. The van der Waals surface area contributed by atoms with Crippen molar-refractivity contribution in [3.63, 3.8) is 0 Å². The van der Waals surface area contributed by atoms with Gasteiger partial charge < -0.3 is 9.64 Å². The zero-order valence-electron chi connectivity index (χ0n) is 14.9. The monoisotopic (exact) mass is 364 g/mol.